The molecule has 0 aromatic heterocycles. The van der Waals surface area contributed by atoms with E-state index in [9.17, 15) is 39.9 Å². The molecule has 242 valence electrons. The molecule has 2 fully saturated rings. The van der Waals surface area contributed by atoms with Gasteiger partial charge in [0.15, 0.2) is 6.29 Å². The molecule has 0 spiro atoms. The van der Waals surface area contributed by atoms with Gasteiger partial charge in [-0.15, -0.1) is 6.58 Å². The van der Waals surface area contributed by atoms with Crippen LogP contribution in [0.2, 0.25) is 0 Å². The number of aromatic hydroxyl groups is 1. The molecule has 13 nitrogen and oxygen atoms in total. The number of hydrogen-bond donors (Lipinski definition) is 5. The summed E-state index contributed by atoms with van der Waals surface area (Å²) in [5.74, 6) is -2.15. The predicted molar refractivity (Wildman–Crippen MR) is 151 cm³/mol. The maximum absolute atomic E-state index is 12.7. The number of ether oxygens (including phenoxy) is 5. The number of methoxy groups -OCH3 is 1. The average molecular weight is 621 g/mol. The Labute approximate surface area is 254 Å². The van der Waals surface area contributed by atoms with Crippen LogP contribution in [-0.2, 0) is 44.5 Å². The van der Waals surface area contributed by atoms with Crippen LogP contribution in [0.4, 0.5) is 0 Å². The number of aliphatic hydroxyl groups excluding tert-OH is 4. The molecule has 0 saturated carbocycles. The highest BCUT2D eigenvalue weighted by Crippen LogP contribution is 2.39. The topological polar surface area (TPSA) is 199 Å². The number of rotatable bonds is 12. The zero-order valence-corrected chi connectivity index (χ0v) is 24.4. The van der Waals surface area contributed by atoms with Gasteiger partial charge >= 0.3 is 5.97 Å². The molecule has 5 N–H and O–H groups in total. The molecule has 1 aromatic rings. The first-order valence-electron chi connectivity index (χ1n) is 14.5. The fourth-order valence-electron chi connectivity index (χ4n) is 5.83. The standard InChI is InChI=1S/C31H40O13/c1-3-22-23(13-21-12-19(35)11-20(42-21)10-18(34)9-6-16-4-7-17(33)8-5-16)24(29(39)40-2)15-41-30(22)44-31-28(38)27(37)26(36)25(14-32)43-31/h3-5,7-8,15,20-23,25-28,30-33,36-38H,1,6,9-14H2,2H3/t20-,21+,22+,23-,25?,26?,27?,28?,30-,31?/m0/s1. The van der Waals surface area contributed by atoms with E-state index in [-0.39, 0.29) is 55.0 Å². The Morgan fingerprint density at radius 2 is 1.73 bits per heavy atom. The maximum Gasteiger partial charge on any atom is 0.337 e. The van der Waals surface area contributed by atoms with Crippen LogP contribution in [0.15, 0.2) is 48.8 Å². The zero-order valence-electron chi connectivity index (χ0n) is 24.4. The van der Waals surface area contributed by atoms with Crippen molar-refractivity contribution in [1.29, 1.82) is 0 Å². The Morgan fingerprint density at radius 1 is 1.02 bits per heavy atom. The molecular weight excluding hydrogens is 580 g/mol. The lowest BCUT2D eigenvalue weighted by Gasteiger charge is -2.43. The van der Waals surface area contributed by atoms with Crippen molar-refractivity contribution in [2.24, 2.45) is 11.8 Å². The molecule has 13 heteroatoms. The molecule has 0 bridgehead atoms. The number of esters is 1. The van der Waals surface area contributed by atoms with Gasteiger partial charge in [0.05, 0.1) is 37.8 Å². The Hall–Kier alpha value is -3.17. The summed E-state index contributed by atoms with van der Waals surface area (Å²) in [6, 6.07) is 6.58. The Kier molecular flexibility index (Phi) is 11.7. The molecule has 1 aromatic carbocycles. The summed E-state index contributed by atoms with van der Waals surface area (Å²) in [5.41, 5.74) is 1.03. The first kappa shape index (κ1) is 33.7. The van der Waals surface area contributed by atoms with Gasteiger partial charge in [0.1, 0.15) is 41.7 Å². The Morgan fingerprint density at radius 3 is 2.39 bits per heavy atom. The van der Waals surface area contributed by atoms with E-state index >= 15 is 0 Å². The van der Waals surface area contributed by atoms with E-state index in [0.29, 0.717) is 6.42 Å². The maximum atomic E-state index is 12.7. The van der Waals surface area contributed by atoms with Crippen molar-refractivity contribution in [3.63, 3.8) is 0 Å². The third kappa shape index (κ3) is 8.10. The predicted octanol–water partition coefficient (Wildman–Crippen LogP) is 0.439. The highest BCUT2D eigenvalue weighted by Gasteiger charge is 2.48. The molecule has 10 atom stereocenters. The minimum atomic E-state index is -1.68. The first-order valence-corrected chi connectivity index (χ1v) is 14.5. The Bertz CT molecular complexity index is 1200. The van der Waals surface area contributed by atoms with Gasteiger partial charge in [0.2, 0.25) is 6.29 Å². The molecule has 0 radical (unpaired) electrons. The Balaban J connectivity index is 1.44. The summed E-state index contributed by atoms with van der Waals surface area (Å²) in [7, 11) is 1.21. The van der Waals surface area contributed by atoms with Gasteiger partial charge in [0.25, 0.3) is 0 Å². The lowest BCUT2D eigenvalue weighted by atomic mass is 9.78. The number of benzene rings is 1. The number of ketones is 2. The quantitative estimate of drug-likeness (QED) is 0.159. The van der Waals surface area contributed by atoms with Crippen LogP contribution < -0.4 is 0 Å². The molecule has 0 amide bonds. The summed E-state index contributed by atoms with van der Waals surface area (Å²) >= 11 is 0. The number of aryl methyl sites for hydroxylation is 1. The zero-order chi connectivity index (χ0) is 32.0. The number of hydrogen-bond acceptors (Lipinski definition) is 13. The average Bonchev–Trinajstić information content (AvgIpc) is 3.00. The van der Waals surface area contributed by atoms with Crippen LogP contribution in [0.5, 0.6) is 5.75 Å². The van der Waals surface area contributed by atoms with Gasteiger partial charge in [-0.05, 0) is 30.5 Å². The summed E-state index contributed by atoms with van der Waals surface area (Å²) < 4.78 is 28.1. The number of aliphatic hydroxyl groups is 4. The van der Waals surface area contributed by atoms with Crippen LogP contribution >= 0.6 is 0 Å². The first-order chi connectivity index (χ1) is 21.0. The van der Waals surface area contributed by atoms with E-state index in [1.54, 1.807) is 24.3 Å². The van der Waals surface area contributed by atoms with Crippen molar-refractivity contribution >= 4 is 17.5 Å². The van der Waals surface area contributed by atoms with E-state index in [4.69, 9.17) is 23.7 Å². The number of carbonyl (C=O) groups is 3. The van der Waals surface area contributed by atoms with Crippen molar-refractivity contribution in [1.82, 2.24) is 0 Å². The third-order valence-electron chi connectivity index (χ3n) is 8.21. The summed E-state index contributed by atoms with van der Waals surface area (Å²) in [4.78, 5) is 38.2. The van der Waals surface area contributed by atoms with Crippen molar-refractivity contribution < 1.29 is 63.6 Å². The molecular formula is C31H40O13. The number of Topliss-reactive ketones (excluding diaryl/α,β-unsaturated/α-hetero) is 2. The lowest BCUT2D eigenvalue weighted by Crippen LogP contribution is -2.60. The normalized spacial score (nSPS) is 34.0. The smallest absolute Gasteiger partial charge is 0.337 e. The molecule has 2 saturated heterocycles. The van der Waals surface area contributed by atoms with Crippen LogP contribution in [0.3, 0.4) is 0 Å². The van der Waals surface area contributed by atoms with Gasteiger partial charge in [-0.3, -0.25) is 9.59 Å². The second kappa shape index (κ2) is 15.2. The fourth-order valence-corrected chi connectivity index (χ4v) is 5.83. The third-order valence-corrected chi connectivity index (χ3v) is 8.21. The van der Waals surface area contributed by atoms with Crippen LogP contribution in [0.1, 0.15) is 37.7 Å². The van der Waals surface area contributed by atoms with Crippen molar-refractivity contribution in [3.05, 3.63) is 54.3 Å². The second-order valence-electron chi connectivity index (χ2n) is 11.3. The lowest BCUT2D eigenvalue weighted by molar-refractivity contribution is -0.339. The number of phenolic OH excluding ortho intramolecular Hbond substituents is 1. The van der Waals surface area contributed by atoms with E-state index in [1.807, 2.05) is 0 Å². The molecule has 3 aliphatic rings. The van der Waals surface area contributed by atoms with Gasteiger partial charge in [-0.1, -0.05) is 18.2 Å². The van der Waals surface area contributed by atoms with Crippen molar-refractivity contribution in [2.75, 3.05) is 13.7 Å². The van der Waals surface area contributed by atoms with Crippen molar-refractivity contribution in [2.45, 2.75) is 87.7 Å². The molecule has 3 aliphatic heterocycles. The highest BCUT2D eigenvalue weighted by molar-refractivity contribution is 5.89. The molecule has 3 heterocycles. The monoisotopic (exact) mass is 620 g/mol. The van der Waals surface area contributed by atoms with Crippen molar-refractivity contribution in [3.8, 4) is 5.75 Å². The highest BCUT2D eigenvalue weighted by atomic mass is 16.8. The van der Waals surface area contributed by atoms with Gasteiger partial charge in [-0.25, -0.2) is 4.79 Å². The van der Waals surface area contributed by atoms with E-state index in [1.165, 1.54) is 13.2 Å². The van der Waals surface area contributed by atoms with E-state index < -0.39 is 73.6 Å². The largest absolute Gasteiger partial charge is 0.508 e. The summed E-state index contributed by atoms with van der Waals surface area (Å²) in [5, 5.41) is 49.7. The molecule has 44 heavy (non-hydrogen) atoms. The minimum absolute atomic E-state index is 0.0432. The second-order valence-corrected chi connectivity index (χ2v) is 11.3. The summed E-state index contributed by atoms with van der Waals surface area (Å²) in [6.45, 7) is 3.20. The summed E-state index contributed by atoms with van der Waals surface area (Å²) in [6.07, 6.45) is -6.44. The van der Waals surface area contributed by atoms with Gasteiger partial charge in [0, 0.05) is 37.5 Å². The number of phenols is 1. The molecule has 4 rings (SSSR count). The van der Waals surface area contributed by atoms with E-state index in [0.717, 1.165) is 11.8 Å². The number of carbonyl (C=O) groups excluding carboxylic acids is 3. The van der Waals surface area contributed by atoms with Gasteiger partial charge < -0.3 is 49.2 Å². The fraction of sp³-hybridized carbons (Fsp3) is 0.581. The van der Waals surface area contributed by atoms with Crippen LogP contribution in [-0.4, -0.2) is 106 Å². The van der Waals surface area contributed by atoms with Gasteiger partial charge in [-0.2, -0.15) is 0 Å². The van der Waals surface area contributed by atoms with Crippen LogP contribution in [0.25, 0.3) is 0 Å². The SMILES string of the molecule is C=C[C@H]1[C@H](OC2OC(CO)C(O)C(O)C2O)OC=C(C(=O)OC)[C@H]1C[C@H]1CC(=O)C[C@H](CC(=O)CCc2ccc(O)cc2)O1. The van der Waals surface area contributed by atoms with Crippen LogP contribution in [0, 0.1) is 11.8 Å². The molecule has 0 aliphatic carbocycles. The molecule has 5 unspecified atom stereocenters. The minimum Gasteiger partial charge on any atom is -0.508 e. The van der Waals surface area contributed by atoms with E-state index in [2.05, 4.69) is 6.58 Å².